The number of halogens is 7. The molecule has 0 radical (unpaired) electrons. The molecule has 0 aromatic carbocycles. The van der Waals surface area contributed by atoms with Crippen LogP contribution in [0.4, 0.5) is 30.7 Å². The number of alkyl halides is 7. The first kappa shape index (κ1) is 17.5. The highest BCUT2D eigenvalue weighted by Gasteiger charge is 2.56. The van der Waals surface area contributed by atoms with Crippen LogP contribution in [0.25, 0.3) is 0 Å². The Labute approximate surface area is 130 Å². The summed E-state index contributed by atoms with van der Waals surface area (Å²) < 4.78 is 93.7. The fraction of sp³-hybridized carbons (Fsp3) is 0.769. The molecule has 1 aromatic heterocycles. The van der Waals surface area contributed by atoms with Crippen LogP contribution in [-0.2, 0) is 12.6 Å². The summed E-state index contributed by atoms with van der Waals surface area (Å²) in [4.78, 5) is 0. The molecule has 3 atom stereocenters. The fourth-order valence-corrected chi connectivity index (χ4v) is 3.28. The quantitative estimate of drug-likeness (QED) is 0.756. The lowest BCUT2D eigenvalue weighted by atomic mass is 9.89. The summed E-state index contributed by atoms with van der Waals surface area (Å²) in [5.41, 5.74) is -3.18. The number of aromatic nitrogens is 2. The van der Waals surface area contributed by atoms with Gasteiger partial charge in [0.2, 0.25) is 0 Å². The lowest BCUT2D eigenvalue weighted by Crippen LogP contribution is -2.41. The number of hydrogen-bond donors (Lipinski definition) is 2. The van der Waals surface area contributed by atoms with Crippen molar-refractivity contribution in [1.29, 1.82) is 0 Å². The molecule has 1 fully saturated rings. The topological polar surface area (TPSA) is 58.3 Å². The van der Waals surface area contributed by atoms with E-state index < -0.39 is 72.5 Å². The molecule has 3 rings (SSSR count). The smallest absolute Gasteiger partial charge is 0.387 e. The fourth-order valence-electron chi connectivity index (χ4n) is 3.28. The van der Waals surface area contributed by atoms with Gasteiger partial charge in [0.1, 0.15) is 12.2 Å². The maximum absolute atomic E-state index is 13.7. The van der Waals surface area contributed by atoms with Gasteiger partial charge in [-0.05, 0) is 6.42 Å². The minimum atomic E-state index is -5.08. The molecule has 0 spiro atoms. The SMILES string of the molecule is O[C@@H]1C[C@H](n2nc(C(F)(F)F)c3c2CC(F)(F)[C@H]3O)CCC1(F)F. The van der Waals surface area contributed by atoms with Crippen molar-refractivity contribution >= 4 is 0 Å². The van der Waals surface area contributed by atoms with Crippen molar-refractivity contribution in [2.24, 2.45) is 0 Å². The van der Waals surface area contributed by atoms with E-state index in [2.05, 4.69) is 5.10 Å². The Morgan fingerprint density at radius 1 is 1.08 bits per heavy atom. The molecule has 0 unspecified atom stereocenters. The van der Waals surface area contributed by atoms with Crippen LogP contribution in [-0.4, -0.2) is 37.9 Å². The number of nitrogens with zero attached hydrogens (tertiary/aromatic N) is 2. The summed E-state index contributed by atoms with van der Waals surface area (Å²) in [6.45, 7) is 0. The van der Waals surface area contributed by atoms with E-state index >= 15 is 0 Å². The Morgan fingerprint density at radius 3 is 2.25 bits per heavy atom. The monoisotopic (exact) mass is 362 g/mol. The molecule has 0 bridgehead atoms. The number of rotatable bonds is 1. The van der Waals surface area contributed by atoms with Gasteiger partial charge in [-0.3, -0.25) is 4.68 Å². The Morgan fingerprint density at radius 2 is 1.71 bits per heavy atom. The highest BCUT2D eigenvalue weighted by Crippen LogP contribution is 2.50. The van der Waals surface area contributed by atoms with Crippen LogP contribution >= 0.6 is 0 Å². The van der Waals surface area contributed by atoms with Gasteiger partial charge in [0.05, 0.1) is 18.2 Å². The summed E-state index contributed by atoms with van der Waals surface area (Å²) in [6.07, 6.45) is -12.7. The Bertz CT molecular complexity index is 655. The molecule has 1 heterocycles. The third-order valence-corrected chi connectivity index (χ3v) is 4.54. The summed E-state index contributed by atoms with van der Waals surface area (Å²) in [6, 6.07) is -1.08. The molecule has 2 aliphatic rings. The third-order valence-electron chi connectivity index (χ3n) is 4.54. The van der Waals surface area contributed by atoms with Crippen LogP contribution in [0, 0.1) is 0 Å². The highest BCUT2D eigenvalue weighted by atomic mass is 19.4. The second-order valence-corrected chi connectivity index (χ2v) is 6.20. The zero-order valence-electron chi connectivity index (χ0n) is 12.0. The van der Waals surface area contributed by atoms with E-state index in [1.807, 2.05) is 0 Å². The first-order valence-corrected chi connectivity index (χ1v) is 7.15. The number of fused-ring (bicyclic) bond motifs is 1. The molecule has 24 heavy (non-hydrogen) atoms. The van der Waals surface area contributed by atoms with Crippen molar-refractivity contribution in [3.63, 3.8) is 0 Å². The molecule has 0 saturated heterocycles. The third kappa shape index (κ3) is 2.57. The van der Waals surface area contributed by atoms with E-state index in [-0.39, 0.29) is 6.42 Å². The predicted octanol–water partition coefficient (Wildman–Crippen LogP) is 2.85. The molecule has 1 saturated carbocycles. The Hall–Kier alpha value is -1.36. The summed E-state index contributed by atoms with van der Waals surface area (Å²) >= 11 is 0. The Balaban J connectivity index is 2.04. The largest absolute Gasteiger partial charge is 0.435 e. The first-order chi connectivity index (χ1) is 10.8. The van der Waals surface area contributed by atoms with Crippen LogP contribution in [0.1, 0.15) is 48.4 Å². The van der Waals surface area contributed by atoms with E-state index in [1.54, 1.807) is 0 Å². The average Bonchev–Trinajstić information content (AvgIpc) is 2.89. The van der Waals surface area contributed by atoms with Gasteiger partial charge in [-0.1, -0.05) is 0 Å². The molecule has 0 amide bonds. The van der Waals surface area contributed by atoms with Crippen LogP contribution in [0.3, 0.4) is 0 Å². The van der Waals surface area contributed by atoms with Gasteiger partial charge in [-0.25, -0.2) is 17.6 Å². The van der Waals surface area contributed by atoms with E-state index in [1.165, 1.54) is 0 Å². The number of aliphatic hydroxyl groups is 2. The Kier molecular flexibility index (Phi) is 3.69. The predicted molar refractivity (Wildman–Crippen MR) is 64.7 cm³/mol. The van der Waals surface area contributed by atoms with Gasteiger partial charge in [0, 0.05) is 18.4 Å². The lowest BCUT2D eigenvalue weighted by molar-refractivity contribution is -0.149. The molecular formula is C13H13F7N2O2. The number of aliphatic hydroxyl groups excluding tert-OH is 2. The van der Waals surface area contributed by atoms with Gasteiger partial charge < -0.3 is 10.2 Å². The van der Waals surface area contributed by atoms with E-state index in [4.69, 9.17) is 0 Å². The molecule has 11 heteroatoms. The van der Waals surface area contributed by atoms with Crippen LogP contribution in [0.5, 0.6) is 0 Å². The van der Waals surface area contributed by atoms with Crippen molar-refractivity contribution in [1.82, 2.24) is 9.78 Å². The summed E-state index contributed by atoms with van der Waals surface area (Å²) in [5.74, 6) is -7.18. The molecular weight excluding hydrogens is 349 g/mol. The summed E-state index contributed by atoms with van der Waals surface area (Å²) in [7, 11) is 0. The van der Waals surface area contributed by atoms with Crippen molar-refractivity contribution in [2.45, 2.75) is 62.0 Å². The first-order valence-electron chi connectivity index (χ1n) is 7.15. The van der Waals surface area contributed by atoms with Crippen LogP contribution in [0.2, 0.25) is 0 Å². The van der Waals surface area contributed by atoms with Crippen molar-refractivity contribution in [3.8, 4) is 0 Å². The molecule has 136 valence electrons. The van der Waals surface area contributed by atoms with Crippen LogP contribution < -0.4 is 0 Å². The van der Waals surface area contributed by atoms with Crippen molar-refractivity contribution in [2.75, 3.05) is 0 Å². The molecule has 0 aliphatic heterocycles. The maximum Gasteiger partial charge on any atom is 0.435 e. The summed E-state index contributed by atoms with van der Waals surface area (Å²) in [5, 5.41) is 22.2. The lowest BCUT2D eigenvalue weighted by Gasteiger charge is -2.33. The second-order valence-electron chi connectivity index (χ2n) is 6.20. The zero-order chi connectivity index (χ0) is 18.1. The number of hydrogen-bond acceptors (Lipinski definition) is 3. The zero-order valence-corrected chi connectivity index (χ0v) is 12.0. The van der Waals surface area contributed by atoms with Crippen LogP contribution in [0.15, 0.2) is 0 Å². The van der Waals surface area contributed by atoms with Crippen molar-refractivity contribution in [3.05, 3.63) is 17.0 Å². The van der Waals surface area contributed by atoms with E-state index in [9.17, 15) is 40.9 Å². The molecule has 1 aromatic rings. The van der Waals surface area contributed by atoms with Crippen molar-refractivity contribution < 1.29 is 40.9 Å². The van der Waals surface area contributed by atoms with Gasteiger partial charge in [-0.2, -0.15) is 18.3 Å². The van der Waals surface area contributed by atoms with Gasteiger partial charge >= 0.3 is 6.18 Å². The second kappa shape index (κ2) is 5.07. The molecule has 4 nitrogen and oxygen atoms in total. The average molecular weight is 362 g/mol. The van der Waals surface area contributed by atoms with Gasteiger partial charge in [0.25, 0.3) is 11.8 Å². The minimum Gasteiger partial charge on any atom is -0.387 e. The van der Waals surface area contributed by atoms with E-state index in [0.717, 1.165) is 0 Å². The molecule has 2 aliphatic carbocycles. The van der Waals surface area contributed by atoms with E-state index in [0.29, 0.717) is 4.68 Å². The van der Waals surface area contributed by atoms with Gasteiger partial charge in [-0.15, -0.1) is 0 Å². The molecule has 2 N–H and O–H groups in total. The maximum atomic E-state index is 13.7. The normalized spacial score (nSPS) is 32.0. The van der Waals surface area contributed by atoms with Gasteiger partial charge in [0.15, 0.2) is 5.69 Å². The standard InChI is InChI=1S/C13H13F7N2O2/c14-11(15)2-1-5(3-7(11)23)22-6-4-12(16,17)10(24)8(6)9(21-22)13(18,19)20/h5,7,10,23-24H,1-4H2/t5-,7-,10+/m1/s1. The minimum absolute atomic E-state index is 0.322. The highest BCUT2D eigenvalue weighted by molar-refractivity contribution is 5.38.